The van der Waals surface area contributed by atoms with Crippen molar-refractivity contribution >= 4 is 11.9 Å². The Labute approximate surface area is 109 Å². The number of hydrogen-bond acceptors (Lipinski definition) is 3. The molecule has 0 heterocycles. The van der Waals surface area contributed by atoms with Gasteiger partial charge >= 0.3 is 6.09 Å². The summed E-state index contributed by atoms with van der Waals surface area (Å²) in [6, 6.07) is -0.492. The lowest BCUT2D eigenvalue weighted by Crippen LogP contribution is -2.49. The van der Waals surface area contributed by atoms with Crippen molar-refractivity contribution in [3.63, 3.8) is 0 Å². The average molecular weight is 255 g/mol. The van der Waals surface area contributed by atoms with Crippen molar-refractivity contribution in [2.75, 3.05) is 0 Å². The number of hydrogen-bond donors (Lipinski definition) is 1. The zero-order valence-corrected chi connectivity index (χ0v) is 11.9. The molecular formula is C14H25NO3. The quantitative estimate of drug-likeness (QED) is 0.843. The molecule has 0 saturated heterocycles. The minimum absolute atomic E-state index is 0.0197. The van der Waals surface area contributed by atoms with Gasteiger partial charge in [-0.05, 0) is 38.0 Å². The van der Waals surface area contributed by atoms with E-state index >= 15 is 0 Å². The van der Waals surface area contributed by atoms with Crippen LogP contribution in [0.3, 0.4) is 0 Å². The third-order valence-corrected chi connectivity index (χ3v) is 3.36. The summed E-state index contributed by atoms with van der Waals surface area (Å²) in [7, 11) is 0. The number of ether oxygens (including phenoxy) is 1. The summed E-state index contributed by atoms with van der Waals surface area (Å²) in [6.45, 7) is 7.29. The van der Waals surface area contributed by atoms with Gasteiger partial charge in [0.2, 0.25) is 0 Å². The first-order valence-corrected chi connectivity index (χ1v) is 6.78. The lowest BCUT2D eigenvalue weighted by molar-refractivity contribution is -0.121. The van der Waals surface area contributed by atoms with Crippen molar-refractivity contribution in [3.05, 3.63) is 0 Å². The zero-order chi connectivity index (χ0) is 13.8. The fraction of sp³-hybridized carbons (Fsp3) is 0.857. The lowest BCUT2D eigenvalue weighted by atomic mass is 9.85. The van der Waals surface area contributed by atoms with Gasteiger partial charge in [-0.3, -0.25) is 4.79 Å². The van der Waals surface area contributed by atoms with E-state index in [4.69, 9.17) is 4.74 Å². The Kier molecular flexibility index (Phi) is 5.17. The maximum Gasteiger partial charge on any atom is 0.408 e. The first kappa shape index (κ1) is 15.0. The first-order chi connectivity index (χ1) is 8.30. The Balaban J connectivity index is 2.48. The van der Waals surface area contributed by atoms with Gasteiger partial charge in [0.1, 0.15) is 6.10 Å². The van der Waals surface area contributed by atoms with Gasteiger partial charge < -0.3 is 10.1 Å². The van der Waals surface area contributed by atoms with E-state index in [0.29, 0.717) is 0 Å². The van der Waals surface area contributed by atoms with Crippen LogP contribution in [0, 0.1) is 5.41 Å². The molecule has 1 aliphatic carbocycles. The van der Waals surface area contributed by atoms with E-state index in [1.54, 1.807) is 0 Å². The monoisotopic (exact) mass is 255 g/mol. The van der Waals surface area contributed by atoms with Crippen LogP contribution in [0.1, 0.15) is 59.8 Å². The maximum absolute atomic E-state index is 11.8. The lowest BCUT2D eigenvalue weighted by Gasteiger charge is -2.30. The van der Waals surface area contributed by atoms with Crippen LogP contribution >= 0.6 is 0 Å². The Hall–Kier alpha value is -1.06. The van der Waals surface area contributed by atoms with Crippen molar-refractivity contribution in [1.29, 1.82) is 0 Å². The van der Waals surface area contributed by atoms with Crippen LogP contribution in [0.2, 0.25) is 0 Å². The van der Waals surface area contributed by atoms with Crippen LogP contribution in [-0.4, -0.2) is 24.0 Å². The van der Waals surface area contributed by atoms with Crippen LogP contribution in [0.15, 0.2) is 0 Å². The SMILES string of the molecule is CC(=O)[C@@H](NC(=O)OC1CCCCC1)C(C)(C)C. The van der Waals surface area contributed by atoms with E-state index < -0.39 is 12.1 Å². The fourth-order valence-electron chi connectivity index (χ4n) is 2.41. The number of alkyl carbamates (subject to hydrolysis) is 1. The molecule has 0 aromatic heterocycles. The topological polar surface area (TPSA) is 55.4 Å². The molecule has 0 aromatic carbocycles. The molecule has 4 heteroatoms. The molecule has 0 aromatic rings. The van der Waals surface area contributed by atoms with Gasteiger partial charge in [0, 0.05) is 0 Å². The van der Waals surface area contributed by atoms with Gasteiger partial charge in [-0.15, -0.1) is 0 Å². The molecule has 18 heavy (non-hydrogen) atoms. The summed E-state index contributed by atoms with van der Waals surface area (Å²) in [5.74, 6) is -0.0388. The number of nitrogens with one attached hydrogen (secondary N) is 1. The van der Waals surface area contributed by atoms with Crippen molar-refractivity contribution in [2.24, 2.45) is 5.41 Å². The smallest absolute Gasteiger partial charge is 0.408 e. The van der Waals surface area contributed by atoms with Crippen molar-refractivity contribution < 1.29 is 14.3 Å². The Morgan fingerprint density at radius 1 is 1.17 bits per heavy atom. The molecule has 1 aliphatic rings. The van der Waals surface area contributed by atoms with E-state index in [9.17, 15) is 9.59 Å². The van der Waals surface area contributed by atoms with Crippen LogP contribution in [-0.2, 0) is 9.53 Å². The summed E-state index contributed by atoms with van der Waals surface area (Å²) in [5, 5.41) is 2.69. The van der Waals surface area contributed by atoms with E-state index in [2.05, 4.69) is 5.32 Å². The summed E-state index contributed by atoms with van der Waals surface area (Å²) in [5.41, 5.74) is -0.294. The second-order valence-electron chi connectivity index (χ2n) is 6.22. The molecule has 0 bridgehead atoms. The number of amides is 1. The Morgan fingerprint density at radius 2 is 1.72 bits per heavy atom. The van der Waals surface area contributed by atoms with Gasteiger partial charge in [0.25, 0.3) is 0 Å². The molecule has 0 aliphatic heterocycles. The van der Waals surface area contributed by atoms with E-state index in [1.807, 2.05) is 20.8 Å². The van der Waals surface area contributed by atoms with Crippen molar-refractivity contribution in [2.45, 2.75) is 71.9 Å². The molecule has 4 nitrogen and oxygen atoms in total. The predicted octanol–water partition coefficient (Wildman–Crippen LogP) is 3.05. The third kappa shape index (κ3) is 4.67. The summed E-state index contributed by atoms with van der Waals surface area (Å²) in [6.07, 6.45) is 4.89. The number of carbonyl (C=O) groups excluding carboxylic acids is 2. The van der Waals surface area contributed by atoms with E-state index in [1.165, 1.54) is 13.3 Å². The molecule has 1 saturated carbocycles. The Bertz CT molecular complexity index is 301. The van der Waals surface area contributed by atoms with Gasteiger partial charge in [0.05, 0.1) is 6.04 Å². The van der Waals surface area contributed by atoms with E-state index in [-0.39, 0.29) is 17.3 Å². The summed E-state index contributed by atoms with van der Waals surface area (Å²) >= 11 is 0. The molecular weight excluding hydrogens is 230 g/mol. The van der Waals surface area contributed by atoms with Crippen molar-refractivity contribution in [1.82, 2.24) is 5.32 Å². The van der Waals surface area contributed by atoms with Gasteiger partial charge in [0.15, 0.2) is 5.78 Å². The number of ketones is 1. The molecule has 1 N–H and O–H groups in total. The zero-order valence-electron chi connectivity index (χ0n) is 11.9. The van der Waals surface area contributed by atoms with Gasteiger partial charge in [-0.25, -0.2) is 4.79 Å². The first-order valence-electron chi connectivity index (χ1n) is 6.78. The van der Waals surface area contributed by atoms with Crippen LogP contribution < -0.4 is 5.32 Å². The number of carbonyl (C=O) groups is 2. The highest BCUT2D eigenvalue weighted by Gasteiger charge is 2.31. The number of Topliss-reactive ketones (excluding diaryl/α,β-unsaturated/α-hetero) is 1. The molecule has 0 radical (unpaired) electrons. The third-order valence-electron chi connectivity index (χ3n) is 3.36. The average Bonchev–Trinajstić information content (AvgIpc) is 2.25. The number of rotatable bonds is 3. The standard InChI is InChI=1S/C14H25NO3/c1-10(16)12(14(2,3)4)15-13(17)18-11-8-6-5-7-9-11/h11-12H,5-9H2,1-4H3,(H,15,17)/t12-/m1/s1. The molecule has 104 valence electrons. The largest absolute Gasteiger partial charge is 0.446 e. The molecule has 1 amide bonds. The summed E-state index contributed by atoms with van der Waals surface area (Å²) in [4.78, 5) is 23.3. The maximum atomic E-state index is 11.8. The van der Waals surface area contributed by atoms with Crippen LogP contribution in [0.5, 0.6) is 0 Å². The van der Waals surface area contributed by atoms with E-state index in [0.717, 1.165) is 25.7 Å². The second kappa shape index (κ2) is 6.21. The highest BCUT2D eigenvalue weighted by molar-refractivity contribution is 5.86. The fourth-order valence-corrected chi connectivity index (χ4v) is 2.41. The van der Waals surface area contributed by atoms with Crippen LogP contribution in [0.4, 0.5) is 4.79 Å². The summed E-state index contributed by atoms with van der Waals surface area (Å²) < 4.78 is 5.36. The van der Waals surface area contributed by atoms with Crippen LogP contribution in [0.25, 0.3) is 0 Å². The second-order valence-corrected chi connectivity index (χ2v) is 6.22. The predicted molar refractivity (Wildman–Crippen MR) is 70.4 cm³/mol. The minimum Gasteiger partial charge on any atom is -0.446 e. The molecule has 0 spiro atoms. The Morgan fingerprint density at radius 3 is 2.17 bits per heavy atom. The normalized spacial score (nSPS) is 19.1. The van der Waals surface area contributed by atoms with Crippen molar-refractivity contribution in [3.8, 4) is 0 Å². The van der Waals surface area contributed by atoms with Gasteiger partial charge in [-0.1, -0.05) is 27.2 Å². The highest BCUT2D eigenvalue weighted by atomic mass is 16.6. The molecule has 0 unspecified atom stereocenters. The van der Waals surface area contributed by atoms with Gasteiger partial charge in [-0.2, -0.15) is 0 Å². The molecule has 1 rings (SSSR count). The minimum atomic E-state index is -0.492. The molecule has 1 fully saturated rings. The highest BCUT2D eigenvalue weighted by Crippen LogP contribution is 2.22. The molecule has 1 atom stereocenters.